The van der Waals surface area contributed by atoms with Gasteiger partial charge in [-0.3, -0.25) is 4.79 Å². The van der Waals surface area contributed by atoms with Crippen LogP contribution in [-0.4, -0.2) is 49.8 Å². The largest absolute Gasteiger partial charge is 0.480 e. The van der Waals surface area contributed by atoms with E-state index in [0.29, 0.717) is 21.8 Å². The average Bonchev–Trinajstić information content (AvgIpc) is 3.06. The maximum Gasteiger partial charge on any atom is 0.412 e. The highest BCUT2D eigenvalue weighted by atomic mass is 32.2. The Morgan fingerprint density at radius 2 is 1.88 bits per heavy atom. The van der Waals surface area contributed by atoms with Crippen molar-refractivity contribution < 1.29 is 23.1 Å². The second-order valence-corrected chi connectivity index (χ2v) is 6.83. The number of carboxylic acid groups (broad SMARTS) is 1. The highest BCUT2D eigenvalue weighted by Crippen LogP contribution is 2.33. The van der Waals surface area contributed by atoms with Gasteiger partial charge in [-0.2, -0.15) is 39.9 Å². The lowest BCUT2D eigenvalue weighted by Gasteiger charge is -2.19. The third-order valence-corrected chi connectivity index (χ3v) is 4.71. The molecule has 0 radical (unpaired) electrons. The molecule has 3 N–H and O–H groups in total. The van der Waals surface area contributed by atoms with Crippen molar-refractivity contribution in [2.24, 2.45) is 5.73 Å². The van der Waals surface area contributed by atoms with Gasteiger partial charge in [-0.15, -0.1) is 0 Å². The van der Waals surface area contributed by atoms with Gasteiger partial charge in [0.2, 0.25) is 0 Å². The van der Waals surface area contributed by atoms with Gasteiger partial charge in [-0.25, -0.2) is 0 Å². The zero-order chi connectivity index (χ0) is 19.2. The van der Waals surface area contributed by atoms with E-state index in [1.165, 1.54) is 18.0 Å². The van der Waals surface area contributed by atoms with E-state index in [-0.39, 0.29) is 18.6 Å². The molecule has 6 nitrogen and oxygen atoms in total. The SMILES string of the molecule is NC(CCSCCC(n1ncc(-c2ccccc2)n1)C(F)(F)F)C(=O)O. The number of halogens is 3. The van der Waals surface area contributed by atoms with E-state index in [1.54, 1.807) is 30.3 Å². The number of benzene rings is 1. The number of thioether (sulfide) groups is 1. The maximum atomic E-state index is 13.4. The van der Waals surface area contributed by atoms with E-state index in [1.807, 2.05) is 0 Å². The quantitative estimate of drug-likeness (QED) is 0.642. The van der Waals surface area contributed by atoms with Gasteiger partial charge in [0, 0.05) is 5.56 Å². The summed E-state index contributed by atoms with van der Waals surface area (Å²) in [5.74, 6) is -0.550. The normalized spacial score (nSPS) is 14.2. The predicted octanol–water partition coefficient (Wildman–Crippen LogP) is 2.97. The summed E-state index contributed by atoms with van der Waals surface area (Å²) < 4.78 is 40.1. The number of carbonyl (C=O) groups is 1. The molecule has 0 aliphatic rings. The molecule has 1 aromatic carbocycles. The molecule has 1 aromatic heterocycles. The van der Waals surface area contributed by atoms with Crippen LogP contribution in [0.3, 0.4) is 0 Å². The number of nitrogens with two attached hydrogens (primary N) is 1. The second kappa shape index (κ2) is 9.04. The Labute approximate surface area is 152 Å². The van der Waals surface area contributed by atoms with Gasteiger partial charge in [0.05, 0.1) is 6.20 Å². The maximum absolute atomic E-state index is 13.4. The lowest BCUT2D eigenvalue weighted by molar-refractivity contribution is -0.173. The van der Waals surface area contributed by atoms with Crippen molar-refractivity contribution in [3.05, 3.63) is 36.5 Å². The Morgan fingerprint density at radius 1 is 1.23 bits per heavy atom. The summed E-state index contributed by atoms with van der Waals surface area (Å²) >= 11 is 1.23. The van der Waals surface area contributed by atoms with Crippen molar-refractivity contribution >= 4 is 17.7 Å². The lowest BCUT2D eigenvalue weighted by Crippen LogP contribution is -2.30. The highest BCUT2D eigenvalue weighted by Gasteiger charge is 2.42. The zero-order valence-electron chi connectivity index (χ0n) is 13.8. The number of alkyl halides is 3. The standard InChI is InChI=1S/C16H19F3N4O2S/c17-16(18,19)14(7-9-26-8-6-12(20)15(24)25)23-21-10-13(22-23)11-4-2-1-3-5-11/h1-5,10,12,14H,6-9,20H2,(H,24,25). The van der Waals surface area contributed by atoms with E-state index >= 15 is 0 Å². The van der Waals surface area contributed by atoms with E-state index in [2.05, 4.69) is 10.2 Å². The van der Waals surface area contributed by atoms with Gasteiger partial charge in [-0.1, -0.05) is 30.3 Å². The van der Waals surface area contributed by atoms with E-state index in [9.17, 15) is 18.0 Å². The Kier molecular flexibility index (Phi) is 7.04. The first-order chi connectivity index (χ1) is 12.3. The molecule has 0 aliphatic heterocycles. The number of aromatic nitrogens is 3. The molecule has 0 spiro atoms. The zero-order valence-corrected chi connectivity index (χ0v) is 14.6. The van der Waals surface area contributed by atoms with Crippen LogP contribution in [0.4, 0.5) is 13.2 Å². The first-order valence-electron chi connectivity index (χ1n) is 7.89. The van der Waals surface area contributed by atoms with Crippen LogP contribution in [0.1, 0.15) is 18.9 Å². The Morgan fingerprint density at radius 3 is 2.50 bits per heavy atom. The summed E-state index contributed by atoms with van der Waals surface area (Å²) in [5, 5.41) is 16.4. The van der Waals surface area contributed by atoms with Crippen LogP contribution < -0.4 is 5.73 Å². The van der Waals surface area contributed by atoms with Gasteiger partial charge < -0.3 is 10.8 Å². The summed E-state index contributed by atoms with van der Waals surface area (Å²) in [7, 11) is 0. The fourth-order valence-electron chi connectivity index (χ4n) is 2.21. The second-order valence-electron chi connectivity index (χ2n) is 5.61. The van der Waals surface area contributed by atoms with Gasteiger partial charge in [0.1, 0.15) is 11.7 Å². The Balaban J connectivity index is 1.96. The van der Waals surface area contributed by atoms with Crippen molar-refractivity contribution in [1.82, 2.24) is 15.0 Å². The topological polar surface area (TPSA) is 94.0 Å². The molecule has 0 amide bonds. The number of rotatable bonds is 9. The van der Waals surface area contributed by atoms with Crippen molar-refractivity contribution in [3.8, 4) is 11.3 Å². The number of hydrogen-bond acceptors (Lipinski definition) is 5. The van der Waals surface area contributed by atoms with Crippen molar-refractivity contribution in [3.63, 3.8) is 0 Å². The molecule has 142 valence electrons. The minimum Gasteiger partial charge on any atom is -0.480 e. The van der Waals surface area contributed by atoms with Crippen LogP contribution in [0, 0.1) is 0 Å². The van der Waals surface area contributed by atoms with Crippen LogP contribution in [0.15, 0.2) is 36.5 Å². The number of aliphatic carboxylic acids is 1. The molecule has 2 unspecified atom stereocenters. The van der Waals surface area contributed by atoms with Crippen LogP contribution in [-0.2, 0) is 4.79 Å². The molecule has 0 saturated carbocycles. The molecule has 1 heterocycles. The number of nitrogens with zero attached hydrogens (tertiary/aromatic N) is 3. The van der Waals surface area contributed by atoms with Crippen LogP contribution >= 0.6 is 11.8 Å². The van der Waals surface area contributed by atoms with Gasteiger partial charge in [0.25, 0.3) is 0 Å². The third-order valence-electron chi connectivity index (χ3n) is 3.66. The summed E-state index contributed by atoms with van der Waals surface area (Å²) in [6.07, 6.45) is -3.17. The van der Waals surface area contributed by atoms with E-state index in [4.69, 9.17) is 10.8 Å². The minimum atomic E-state index is -4.48. The molecule has 2 atom stereocenters. The summed E-state index contributed by atoms with van der Waals surface area (Å²) in [5.41, 5.74) is 6.43. The molecule has 10 heteroatoms. The Hall–Kier alpha value is -2.07. The van der Waals surface area contributed by atoms with Crippen molar-refractivity contribution in [2.45, 2.75) is 31.1 Å². The van der Waals surface area contributed by atoms with Crippen molar-refractivity contribution in [1.29, 1.82) is 0 Å². The summed E-state index contributed by atoms with van der Waals surface area (Å²) in [4.78, 5) is 11.3. The van der Waals surface area contributed by atoms with E-state index in [0.717, 1.165) is 0 Å². The lowest BCUT2D eigenvalue weighted by atomic mass is 10.2. The molecule has 0 aliphatic carbocycles. The fourth-order valence-corrected chi connectivity index (χ4v) is 3.22. The fraction of sp³-hybridized carbons (Fsp3) is 0.438. The molecular weight excluding hydrogens is 369 g/mol. The van der Waals surface area contributed by atoms with Gasteiger partial charge in [-0.05, 0) is 24.3 Å². The first kappa shape index (κ1) is 20.2. The average molecular weight is 388 g/mol. The molecule has 2 rings (SSSR count). The number of hydrogen-bond donors (Lipinski definition) is 2. The third kappa shape index (κ3) is 5.73. The molecular formula is C16H19F3N4O2S. The first-order valence-corrected chi connectivity index (χ1v) is 9.04. The van der Waals surface area contributed by atoms with Gasteiger partial charge in [0.15, 0.2) is 6.04 Å². The van der Waals surface area contributed by atoms with Gasteiger partial charge >= 0.3 is 12.1 Å². The highest BCUT2D eigenvalue weighted by molar-refractivity contribution is 7.99. The molecule has 2 aromatic rings. The summed E-state index contributed by atoms with van der Waals surface area (Å²) in [6, 6.07) is 6.02. The smallest absolute Gasteiger partial charge is 0.412 e. The van der Waals surface area contributed by atoms with Crippen molar-refractivity contribution in [2.75, 3.05) is 11.5 Å². The van der Waals surface area contributed by atoms with Crippen LogP contribution in [0.5, 0.6) is 0 Å². The predicted molar refractivity (Wildman–Crippen MR) is 92.7 cm³/mol. The molecule has 26 heavy (non-hydrogen) atoms. The molecule has 0 saturated heterocycles. The molecule has 0 bridgehead atoms. The van der Waals surface area contributed by atoms with Crippen LogP contribution in [0.2, 0.25) is 0 Å². The summed E-state index contributed by atoms with van der Waals surface area (Å²) in [6.45, 7) is 0. The minimum absolute atomic E-state index is 0.193. The monoisotopic (exact) mass is 388 g/mol. The van der Waals surface area contributed by atoms with E-state index < -0.39 is 24.2 Å². The molecule has 0 fully saturated rings. The van der Waals surface area contributed by atoms with Crippen LogP contribution in [0.25, 0.3) is 11.3 Å². The number of carboxylic acids is 1. The Bertz CT molecular complexity index is 709.